The summed E-state index contributed by atoms with van der Waals surface area (Å²) < 4.78 is 51.0. The maximum atomic E-state index is 10.2. The Balaban J connectivity index is 0. The van der Waals surface area contributed by atoms with Crippen LogP contribution in [0.4, 0.5) is 0 Å². The van der Waals surface area contributed by atoms with E-state index in [9.17, 15) is 13.0 Å². The summed E-state index contributed by atoms with van der Waals surface area (Å²) in [6.07, 6.45) is 5.97. The Bertz CT molecular complexity index is 365. The molecule has 0 radical (unpaired) electrons. The van der Waals surface area contributed by atoms with Gasteiger partial charge in [0, 0.05) is 13.2 Å². The molecule has 0 aliphatic heterocycles. The molecule has 0 amide bonds. The Labute approximate surface area is 175 Å². The van der Waals surface area contributed by atoms with Gasteiger partial charge >= 0.3 is 29.6 Å². The molecule has 0 aromatic carbocycles. The van der Waals surface area contributed by atoms with Crippen LogP contribution in [0.2, 0.25) is 0 Å². The summed E-state index contributed by atoms with van der Waals surface area (Å²) in [6.45, 7) is 7.73. The predicted octanol–water partition coefficient (Wildman–Crippen LogP) is -0.486. The summed E-state index contributed by atoms with van der Waals surface area (Å²) in [6, 6.07) is 0. The van der Waals surface area contributed by atoms with Gasteiger partial charge < -0.3 is 18.8 Å². The van der Waals surface area contributed by atoms with Crippen molar-refractivity contribution in [3.63, 3.8) is 0 Å². The van der Waals surface area contributed by atoms with E-state index < -0.39 is 10.4 Å². The van der Waals surface area contributed by atoms with Crippen molar-refractivity contribution in [1.29, 1.82) is 0 Å². The summed E-state index contributed by atoms with van der Waals surface area (Å²) in [5.74, 6) is 0.647. The minimum absolute atomic E-state index is 0. The van der Waals surface area contributed by atoms with Crippen LogP contribution >= 0.6 is 0 Å². The van der Waals surface area contributed by atoms with Crippen molar-refractivity contribution in [2.75, 3.05) is 46.2 Å². The molecule has 0 N–H and O–H groups in total. The van der Waals surface area contributed by atoms with Gasteiger partial charge in [-0.15, -0.1) is 0 Å². The molecule has 9 heteroatoms. The van der Waals surface area contributed by atoms with Crippen molar-refractivity contribution in [1.82, 2.24) is 0 Å². The first-order valence-electron chi connectivity index (χ1n) is 8.83. The quantitative estimate of drug-likeness (QED) is 0.134. The molecule has 0 aromatic rings. The Morgan fingerprint density at radius 1 is 0.840 bits per heavy atom. The van der Waals surface area contributed by atoms with Gasteiger partial charge in [0.05, 0.1) is 33.0 Å². The molecule has 0 saturated heterocycles. The van der Waals surface area contributed by atoms with Gasteiger partial charge in [0.25, 0.3) is 0 Å². The Kier molecular flexibility index (Phi) is 21.8. The van der Waals surface area contributed by atoms with E-state index in [1.54, 1.807) is 0 Å². The second-order valence-electron chi connectivity index (χ2n) is 5.65. The summed E-state index contributed by atoms with van der Waals surface area (Å²) in [4.78, 5) is 0. The molecule has 0 heterocycles. The van der Waals surface area contributed by atoms with Crippen LogP contribution in [-0.2, 0) is 28.8 Å². The number of unbranched alkanes of at least 4 members (excludes halogenated alkanes) is 2. The fourth-order valence-electron chi connectivity index (χ4n) is 2.06. The van der Waals surface area contributed by atoms with Crippen molar-refractivity contribution in [3.8, 4) is 0 Å². The van der Waals surface area contributed by atoms with Crippen LogP contribution in [0.5, 0.6) is 0 Å². The van der Waals surface area contributed by atoms with Gasteiger partial charge in [0.2, 0.25) is 10.4 Å². The predicted molar refractivity (Wildman–Crippen MR) is 90.6 cm³/mol. The third-order valence-corrected chi connectivity index (χ3v) is 4.01. The van der Waals surface area contributed by atoms with Crippen molar-refractivity contribution in [3.05, 3.63) is 0 Å². The first-order chi connectivity index (χ1) is 11.5. The zero-order valence-corrected chi connectivity index (χ0v) is 18.9. The molecule has 0 fully saturated rings. The first-order valence-corrected chi connectivity index (χ1v) is 10.2. The third kappa shape index (κ3) is 22.7. The molecule has 0 aliphatic carbocycles. The normalized spacial score (nSPS) is 12.8. The van der Waals surface area contributed by atoms with Gasteiger partial charge in [-0.2, -0.15) is 0 Å². The molecule has 0 rings (SSSR count). The van der Waals surface area contributed by atoms with E-state index in [0.29, 0.717) is 51.8 Å². The Morgan fingerprint density at radius 3 is 1.96 bits per heavy atom. The maximum absolute atomic E-state index is 10.2. The average molecular weight is 392 g/mol. The second-order valence-corrected chi connectivity index (χ2v) is 6.71. The second kappa shape index (κ2) is 19.5. The topological polar surface area (TPSA) is 94.1 Å². The summed E-state index contributed by atoms with van der Waals surface area (Å²) in [7, 11) is -4.57. The number of hydrogen-bond donors (Lipinski definition) is 0. The van der Waals surface area contributed by atoms with E-state index in [0.717, 1.165) is 13.0 Å². The molecule has 146 valence electrons. The SMILES string of the molecule is CCCCC(CC)COCCOCCOCCCCOS(=O)(=O)[O-].[Na+]. The average Bonchev–Trinajstić information content (AvgIpc) is 2.53. The number of rotatable bonds is 18. The standard InChI is InChI=1S/C16H34O7S.Na/c1-3-5-8-16(4-2)15-22-14-13-21-12-11-20-9-6-7-10-23-24(17,18)19;/h16H,3-15H2,1-2H3,(H,17,18,19);/q;+1/p-1. The molecule has 0 aromatic heterocycles. The van der Waals surface area contributed by atoms with E-state index in [4.69, 9.17) is 14.2 Å². The van der Waals surface area contributed by atoms with Crippen molar-refractivity contribution in [2.24, 2.45) is 5.92 Å². The molecule has 0 saturated carbocycles. The Morgan fingerprint density at radius 2 is 1.40 bits per heavy atom. The zero-order chi connectivity index (χ0) is 18.1. The van der Waals surface area contributed by atoms with Crippen LogP contribution in [-0.4, -0.2) is 59.2 Å². The van der Waals surface area contributed by atoms with Gasteiger partial charge in [-0.05, 0) is 25.2 Å². The summed E-state index contributed by atoms with van der Waals surface area (Å²) >= 11 is 0. The zero-order valence-electron chi connectivity index (χ0n) is 16.0. The molecule has 7 nitrogen and oxygen atoms in total. The molecular formula is C16H33NaO7S. The van der Waals surface area contributed by atoms with Gasteiger partial charge in [-0.1, -0.05) is 33.1 Å². The summed E-state index contributed by atoms with van der Waals surface area (Å²) in [5.41, 5.74) is 0. The van der Waals surface area contributed by atoms with E-state index in [1.807, 2.05) is 0 Å². The molecule has 1 atom stereocenters. The van der Waals surface area contributed by atoms with Crippen LogP contribution in [0.1, 0.15) is 52.4 Å². The van der Waals surface area contributed by atoms with Crippen LogP contribution in [0, 0.1) is 5.92 Å². The third-order valence-electron chi connectivity index (χ3n) is 3.55. The van der Waals surface area contributed by atoms with Gasteiger partial charge in [0.1, 0.15) is 0 Å². The van der Waals surface area contributed by atoms with E-state index >= 15 is 0 Å². The molecule has 0 bridgehead atoms. The first kappa shape index (κ1) is 28.0. The smallest absolute Gasteiger partial charge is 0.726 e. The minimum atomic E-state index is -4.57. The van der Waals surface area contributed by atoms with Gasteiger partial charge in [-0.25, -0.2) is 8.42 Å². The fraction of sp³-hybridized carbons (Fsp3) is 1.00. The van der Waals surface area contributed by atoms with Gasteiger partial charge in [-0.3, -0.25) is 4.18 Å². The minimum Gasteiger partial charge on any atom is -0.726 e. The number of hydrogen-bond acceptors (Lipinski definition) is 7. The van der Waals surface area contributed by atoms with E-state index in [2.05, 4.69) is 18.0 Å². The van der Waals surface area contributed by atoms with Crippen LogP contribution in [0.25, 0.3) is 0 Å². The van der Waals surface area contributed by atoms with E-state index in [1.165, 1.54) is 19.3 Å². The van der Waals surface area contributed by atoms with Crippen molar-refractivity contribution in [2.45, 2.75) is 52.4 Å². The molecule has 25 heavy (non-hydrogen) atoms. The van der Waals surface area contributed by atoms with Gasteiger partial charge in [0.15, 0.2) is 0 Å². The van der Waals surface area contributed by atoms with Crippen LogP contribution in [0.3, 0.4) is 0 Å². The van der Waals surface area contributed by atoms with Crippen LogP contribution < -0.4 is 29.6 Å². The molecule has 1 unspecified atom stereocenters. The van der Waals surface area contributed by atoms with E-state index in [-0.39, 0.29) is 36.2 Å². The Hall–Kier alpha value is 0.750. The monoisotopic (exact) mass is 392 g/mol. The molecular weight excluding hydrogens is 359 g/mol. The largest absolute Gasteiger partial charge is 1.00 e. The maximum Gasteiger partial charge on any atom is 1.00 e. The van der Waals surface area contributed by atoms with Crippen molar-refractivity contribution >= 4 is 10.4 Å². The van der Waals surface area contributed by atoms with Crippen LogP contribution in [0.15, 0.2) is 0 Å². The molecule has 0 spiro atoms. The number of ether oxygens (including phenoxy) is 3. The fourth-order valence-corrected chi connectivity index (χ4v) is 2.38. The molecule has 0 aliphatic rings. The summed E-state index contributed by atoms with van der Waals surface area (Å²) in [5, 5.41) is 0. The van der Waals surface area contributed by atoms with Crippen molar-refractivity contribution < 1.29 is 60.9 Å².